The molecule has 28 heavy (non-hydrogen) atoms. The average Bonchev–Trinajstić information content (AvgIpc) is 2.75. The Balaban J connectivity index is 1.47. The maximum atomic E-state index is 13.6. The van der Waals surface area contributed by atoms with Crippen molar-refractivity contribution in [2.75, 3.05) is 13.1 Å². The molecule has 4 rings (SSSR count). The maximum Gasteiger partial charge on any atom is 0.127 e. The molecule has 5 heteroatoms. The standard InChI is InChI=1S/C23H25FN4/c1-2-23-25-13-17(14-26-23)15-28-11-5-7-19(16-28)22-10-4-9-21(27-22)18-6-3-8-20(24)12-18/h3-4,6,8-10,12-14,19H,2,5,7,11,15-16H2,1H3/t19-/m1/s1. The van der Waals surface area contributed by atoms with Crippen LogP contribution in [0.1, 0.15) is 42.8 Å². The third-order valence-corrected chi connectivity index (χ3v) is 5.30. The van der Waals surface area contributed by atoms with E-state index in [9.17, 15) is 4.39 Å². The fourth-order valence-corrected chi connectivity index (χ4v) is 3.83. The molecule has 0 saturated carbocycles. The molecule has 0 amide bonds. The van der Waals surface area contributed by atoms with Crippen molar-refractivity contribution in [1.82, 2.24) is 19.9 Å². The highest BCUT2D eigenvalue weighted by Crippen LogP contribution is 2.28. The van der Waals surface area contributed by atoms with Crippen LogP contribution in [0.5, 0.6) is 0 Å². The van der Waals surface area contributed by atoms with Crippen LogP contribution in [-0.2, 0) is 13.0 Å². The van der Waals surface area contributed by atoms with Crippen molar-refractivity contribution < 1.29 is 4.39 Å². The Kier molecular flexibility index (Phi) is 5.72. The van der Waals surface area contributed by atoms with E-state index >= 15 is 0 Å². The molecule has 1 fully saturated rings. The number of benzene rings is 1. The van der Waals surface area contributed by atoms with Crippen LogP contribution in [0.25, 0.3) is 11.3 Å². The summed E-state index contributed by atoms with van der Waals surface area (Å²) in [6, 6.07) is 12.7. The number of rotatable bonds is 5. The molecule has 0 bridgehead atoms. The second-order valence-corrected chi connectivity index (χ2v) is 7.39. The molecule has 1 atom stereocenters. The Bertz CT molecular complexity index is 926. The van der Waals surface area contributed by atoms with Crippen molar-refractivity contribution in [3.8, 4) is 11.3 Å². The number of hydrogen-bond donors (Lipinski definition) is 0. The van der Waals surface area contributed by atoms with E-state index in [-0.39, 0.29) is 5.82 Å². The zero-order chi connectivity index (χ0) is 19.3. The van der Waals surface area contributed by atoms with Gasteiger partial charge < -0.3 is 0 Å². The van der Waals surface area contributed by atoms with E-state index in [2.05, 4.69) is 27.9 Å². The molecule has 0 N–H and O–H groups in total. The minimum absolute atomic E-state index is 0.232. The van der Waals surface area contributed by atoms with Gasteiger partial charge in [0.05, 0.1) is 5.69 Å². The third kappa shape index (κ3) is 4.42. The summed E-state index contributed by atoms with van der Waals surface area (Å²) in [6.07, 6.45) is 7.02. The fourth-order valence-electron chi connectivity index (χ4n) is 3.83. The molecule has 0 radical (unpaired) electrons. The van der Waals surface area contributed by atoms with Crippen LogP contribution in [0.3, 0.4) is 0 Å². The van der Waals surface area contributed by atoms with Gasteiger partial charge in [0.1, 0.15) is 11.6 Å². The Morgan fingerprint density at radius 1 is 1.11 bits per heavy atom. The number of hydrogen-bond acceptors (Lipinski definition) is 4. The van der Waals surface area contributed by atoms with E-state index in [4.69, 9.17) is 4.98 Å². The Hall–Kier alpha value is -2.66. The van der Waals surface area contributed by atoms with Crippen LogP contribution < -0.4 is 0 Å². The summed E-state index contributed by atoms with van der Waals surface area (Å²) in [7, 11) is 0. The van der Waals surface area contributed by atoms with E-state index in [1.54, 1.807) is 12.1 Å². The van der Waals surface area contributed by atoms with Crippen molar-refractivity contribution in [1.29, 1.82) is 0 Å². The van der Waals surface area contributed by atoms with Gasteiger partial charge in [-0.25, -0.2) is 14.4 Å². The molecule has 1 saturated heterocycles. The molecule has 2 aromatic heterocycles. The molecular formula is C23H25FN4. The minimum Gasteiger partial charge on any atom is -0.298 e. The van der Waals surface area contributed by atoms with Gasteiger partial charge in [0.15, 0.2) is 0 Å². The number of aryl methyl sites for hydroxylation is 1. The lowest BCUT2D eigenvalue weighted by Crippen LogP contribution is -2.34. The summed E-state index contributed by atoms with van der Waals surface area (Å²) < 4.78 is 13.6. The van der Waals surface area contributed by atoms with Gasteiger partial charge in [-0.3, -0.25) is 9.88 Å². The van der Waals surface area contributed by atoms with Crippen LogP contribution in [0, 0.1) is 5.82 Å². The molecule has 3 aromatic rings. The van der Waals surface area contributed by atoms with Crippen LogP contribution in [0.2, 0.25) is 0 Å². The number of halogens is 1. The van der Waals surface area contributed by atoms with Gasteiger partial charge in [0, 0.05) is 54.6 Å². The molecule has 144 valence electrons. The highest BCUT2D eigenvalue weighted by Gasteiger charge is 2.23. The highest BCUT2D eigenvalue weighted by molar-refractivity contribution is 5.59. The molecule has 4 nitrogen and oxygen atoms in total. The first-order valence-corrected chi connectivity index (χ1v) is 9.96. The summed E-state index contributed by atoms with van der Waals surface area (Å²) in [6.45, 7) is 4.98. The third-order valence-electron chi connectivity index (χ3n) is 5.30. The lowest BCUT2D eigenvalue weighted by atomic mass is 9.93. The second kappa shape index (κ2) is 8.57. The predicted octanol–water partition coefficient (Wildman–Crippen LogP) is 4.62. The number of pyridine rings is 1. The van der Waals surface area contributed by atoms with Crippen LogP contribution >= 0.6 is 0 Å². The molecule has 0 aliphatic carbocycles. The minimum atomic E-state index is -0.232. The van der Waals surface area contributed by atoms with Crippen molar-refractivity contribution in [3.05, 3.63) is 77.8 Å². The smallest absolute Gasteiger partial charge is 0.127 e. The van der Waals surface area contributed by atoms with Gasteiger partial charge in [0.2, 0.25) is 0 Å². The molecule has 1 aliphatic heterocycles. The van der Waals surface area contributed by atoms with Gasteiger partial charge in [-0.05, 0) is 43.7 Å². The monoisotopic (exact) mass is 376 g/mol. The first kappa shape index (κ1) is 18.7. The second-order valence-electron chi connectivity index (χ2n) is 7.39. The number of nitrogens with zero attached hydrogens (tertiary/aromatic N) is 4. The van der Waals surface area contributed by atoms with Gasteiger partial charge in [-0.15, -0.1) is 0 Å². The SMILES string of the molecule is CCc1ncc(CN2CCC[C@@H](c3cccc(-c4cccc(F)c4)n3)C2)cn1. The van der Waals surface area contributed by atoms with E-state index in [1.807, 2.05) is 30.6 Å². The van der Waals surface area contributed by atoms with E-state index < -0.39 is 0 Å². The maximum absolute atomic E-state index is 13.6. The topological polar surface area (TPSA) is 41.9 Å². The first-order valence-electron chi connectivity index (χ1n) is 9.96. The molecule has 1 aliphatic rings. The van der Waals surface area contributed by atoms with Gasteiger partial charge >= 0.3 is 0 Å². The van der Waals surface area contributed by atoms with Crippen LogP contribution in [0.4, 0.5) is 4.39 Å². The highest BCUT2D eigenvalue weighted by atomic mass is 19.1. The molecular weight excluding hydrogens is 351 g/mol. The Labute approximate surface area is 165 Å². The summed E-state index contributed by atoms with van der Waals surface area (Å²) in [5.41, 5.74) is 3.89. The zero-order valence-electron chi connectivity index (χ0n) is 16.2. The summed E-state index contributed by atoms with van der Waals surface area (Å²) in [5.74, 6) is 1.04. The normalized spacial score (nSPS) is 17.6. The molecule has 0 unspecified atom stereocenters. The number of piperidine rings is 1. The number of aromatic nitrogens is 3. The Morgan fingerprint density at radius 3 is 2.71 bits per heavy atom. The van der Waals surface area contributed by atoms with Gasteiger partial charge in [0.25, 0.3) is 0 Å². The van der Waals surface area contributed by atoms with Crippen molar-refractivity contribution in [3.63, 3.8) is 0 Å². The van der Waals surface area contributed by atoms with E-state index in [0.717, 1.165) is 67.2 Å². The van der Waals surface area contributed by atoms with Crippen molar-refractivity contribution >= 4 is 0 Å². The van der Waals surface area contributed by atoms with E-state index in [0.29, 0.717) is 5.92 Å². The largest absolute Gasteiger partial charge is 0.298 e. The van der Waals surface area contributed by atoms with Gasteiger partial charge in [-0.2, -0.15) is 0 Å². The van der Waals surface area contributed by atoms with Crippen molar-refractivity contribution in [2.45, 2.75) is 38.6 Å². The Morgan fingerprint density at radius 2 is 1.93 bits per heavy atom. The average molecular weight is 376 g/mol. The van der Waals surface area contributed by atoms with Crippen LogP contribution in [0.15, 0.2) is 54.9 Å². The lowest BCUT2D eigenvalue weighted by molar-refractivity contribution is 0.198. The van der Waals surface area contributed by atoms with Crippen molar-refractivity contribution in [2.24, 2.45) is 0 Å². The van der Waals surface area contributed by atoms with E-state index in [1.165, 1.54) is 6.07 Å². The fraction of sp³-hybridized carbons (Fsp3) is 0.348. The predicted molar refractivity (Wildman–Crippen MR) is 108 cm³/mol. The lowest BCUT2D eigenvalue weighted by Gasteiger charge is -2.32. The summed E-state index contributed by atoms with van der Waals surface area (Å²) >= 11 is 0. The zero-order valence-corrected chi connectivity index (χ0v) is 16.2. The molecule has 1 aromatic carbocycles. The number of likely N-dealkylation sites (tertiary alicyclic amines) is 1. The summed E-state index contributed by atoms with van der Waals surface area (Å²) in [5, 5.41) is 0. The van der Waals surface area contributed by atoms with Crippen LogP contribution in [-0.4, -0.2) is 32.9 Å². The molecule has 0 spiro atoms. The summed E-state index contributed by atoms with van der Waals surface area (Å²) in [4.78, 5) is 16.1. The van der Waals surface area contributed by atoms with Gasteiger partial charge in [-0.1, -0.05) is 25.1 Å². The molecule has 3 heterocycles. The first-order chi connectivity index (χ1) is 13.7. The quantitative estimate of drug-likeness (QED) is 0.652.